The Bertz CT molecular complexity index is 522. The third-order valence-electron chi connectivity index (χ3n) is 3.01. The number of carbonyl (C=O) groups excluding carboxylic acids is 1. The SMILES string of the molecule is Cc1csc(NC(=O)CC2CCS(=O)(=O)CC2)n1. The van der Waals surface area contributed by atoms with E-state index in [-0.39, 0.29) is 23.3 Å². The zero-order valence-electron chi connectivity index (χ0n) is 10.2. The first kappa shape index (κ1) is 13.5. The Hall–Kier alpha value is -0.950. The zero-order chi connectivity index (χ0) is 13.2. The van der Waals surface area contributed by atoms with E-state index in [0.717, 1.165) is 5.69 Å². The Morgan fingerprint density at radius 2 is 2.17 bits per heavy atom. The number of hydrogen-bond donors (Lipinski definition) is 1. The molecule has 1 N–H and O–H groups in total. The Balaban J connectivity index is 1.82. The predicted molar refractivity (Wildman–Crippen MR) is 71.5 cm³/mol. The Morgan fingerprint density at radius 3 is 2.72 bits per heavy atom. The van der Waals surface area contributed by atoms with Crippen molar-refractivity contribution in [1.29, 1.82) is 0 Å². The molecule has 1 aliphatic rings. The van der Waals surface area contributed by atoms with Crippen LogP contribution in [-0.2, 0) is 14.6 Å². The molecule has 0 atom stereocenters. The quantitative estimate of drug-likeness (QED) is 0.916. The van der Waals surface area contributed by atoms with Crippen molar-refractivity contribution < 1.29 is 13.2 Å². The molecule has 0 saturated carbocycles. The number of rotatable bonds is 3. The predicted octanol–water partition coefficient (Wildman–Crippen LogP) is 1.60. The van der Waals surface area contributed by atoms with Crippen LogP contribution in [0.5, 0.6) is 0 Å². The van der Waals surface area contributed by atoms with Crippen LogP contribution in [0.3, 0.4) is 0 Å². The molecule has 1 aromatic rings. The zero-order valence-corrected chi connectivity index (χ0v) is 11.8. The molecule has 1 aromatic heterocycles. The number of aryl methyl sites for hydroxylation is 1. The Labute approximate surface area is 111 Å². The molecule has 18 heavy (non-hydrogen) atoms. The van der Waals surface area contributed by atoms with Crippen LogP contribution in [0.2, 0.25) is 0 Å². The van der Waals surface area contributed by atoms with Gasteiger partial charge >= 0.3 is 0 Å². The van der Waals surface area contributed by atoms with E-state index in [1.807, 2.05) is 12.3 Å². The van der Waals surface area contributed by atoms with E-state index in [9.17, 15) is 13.2 Å². The minimum Gasteiger partial charge on any atom is -0.302 e. The summed E-state index contributed by atoms with van der Waals surface area (Å²) >= 11 is 1.40. The van der Waals surface area contributed by atoms with Crippen LogP contribution in [-0.4, -0.2) is 30.8 Å². The lowest BCUT2D eigenvalue weighted by Gasteiger charge is -2.20. The van der Waals surface area contributed by atoms with E-state index in [2.05, 4.69) is 10.3 Å². The molecule has 1 saturated heterocycles. The summed E-state index contributed by atoms with van der Waals surface area (Å²) in [6, 6.07) is 0. The van der Waals surface area contributed by atoms with Crippen LogP contribution < -0.4 is 5.32 Å². The van der Waals surface area contributed by atoms with Gasteiger partial charge in [-0.3, -0.25) is 4.79 Å². The fourth-order valence-corrected chi connectivity index (χ4v) is 4.28. The van der Waals surface area contributed by atoms with Crippen molar-refractivity contribution in [2.24, 2.45) is 5.92 Å². The Morgan fingerprint density at radius 1 is 1.50 bits per heavy atom. The van der Waals surface area contributed by atoms with E-state index >= 15 is 0 Å². The number of carbonyl (C=O) groups is 1. The average molecular weight is 288 g/mol. The number of anilines is 1. The van der Waals surface area contributed by atoms with E-state index in [1.165, 1.54) is 11.3 Å². The van der Waals surface area contributed by atoms with Crippen molar-refractivity contribution in [2.45, 2.75) is 26.2 Å². The number of nitrogens with zero attached hydrogens (tertiary/aromatic N) is 1. The maximum absolute atomic E-state index is 11.8. The van der Waals surface area contributed by atoms with Crippen LogP contribution in [0.25, 0.3) is 0 Å². The number of amides is 1. The number of nitrogens with one attached hydrogen (secondary N) is 1. The molecule has 1 aliphatic heterocycles. The van der Waals surface area contributed by atoms with Crippen molar-refractivity contribution in [1.82, 2.24) is 4.98 Å². The molecule has 2 rings (SSSR count). The van der Waals surface area contributed by atoms with E-state index in [0.29, 0.717) is 24.4 Å². The fourth-order valence-electron chi connectivity index (χ4n) is 1.99. The lowest BCUT2D eigenvalue weighted by molar-refractivity contribution is -0.117. The minimum absolute atomic E-state index is 0.0753. The minimum atomic E-state index is -2.85. The maximum Gasteiger partial charge on any atom is 0.226 e. The summed E-state index contributed by atoms with van der Waals surface area (Å²) in [6.07, 6.45) is 1.56. The summed E-state index contributed by atoms with van der Waals surface area (Å²) in [4.78, 5) is 15.9. The van der Waals surface area contributed by atoms with Gasteiger partial charge in [-0.15, -0.1) is 11.3 Å². The van der Waals surface area contributed by atoms with Crippen molar-refractivity contribution >= 4 is 32.2 Å². The van der Waals surface area contributed by atoms with E-state index in [4.69, 9.17) is 0 Å². The first-order valence-corrected chi connectivity index (χ1v) is 8.57. The molecule has 7 heteroatoms. The molecule has 2 heterocycles. The number of aromatic nitrogens is 1. The van der Waals surface area contributed by atoms with Crippen molar-refractivity contribution in [3.63, 3.8) is 0 Å². The normalized spacial score (nSPS) is 19.6. The van der Waals surface area contributed by atoms with E-state index < -0.39 is 9.84 Å². The second-order valence-corrected chi connectivity index (χ2v) is 7.80. The van der Waals surface area contributed by atoms with Crippen molar-refractivity contribution in [3.05, 3.63) is 11.1 Å². The third kappa shape index (κ3) is 3.78. The summed E-state index contributed by atoms with van der Waals surface area (Å²) in [7, 11) is -2.85. The monoisotopic (exact) mass is 288 g/mol. The van der Waals surface area contributed by atoms with Gasteiger partial charge in [0, 0.05) is 11.8 Å². The van der Waals surface area contributed by atoms with Gasteiger partial charge in [0.2, 0.25) is 5.91 Å². The third-order valence-corrected chi connectivity index (χ3v) is 5.60. The van der Waals surface area contributed by atoms with Gasteiger partial charge < -0.3 is 5.32 Å². The van der Waals surface area contributed by atoms with Crippen molar-refractivity contribution in [3.8, 4) is 0 Å². The summed E-state index contributed by atoms with van der Waals surface area (Å²) in [5, 5.41) is 5.24. The highest BCUT2D eigenvalue weighted by atomic mass is 32.2. The number of sulfone groups is 1. The maximum atomic E-state index is 11.8. The molecule has 0 aliphatic carbocycles. The van der Waals surface area contributed by atoms with Crippen LogP contribution in [0.4, 0.5) is 5.13 Å². The largest absolute Gasteiger partial charge is 0.302 e. The second kappa shape index (κ2) is 5.36. The Kier molecular flexibility index (Phi) is 4.01. The highest BCUT2D eigenvalue weighted by molar-refractivity contribution is 7.91. The van der Waals surface area contributed by atoms with Gasteiger partial charge in [-0.2, -0.15) is 0 Å². The summed E-state index contributed by atoms with van der Waals surface area (Å²) in [5.41, 5.74) is 0.888. The molecule has 1 fully saturated rings. The van der Waals surface area contributed by atoms with Gasteiger partial charge in [-0.1, -0.05) is 0 Å². The van der Waals surface area contributed by atoms with Crippen LogP contribution in [0.1, 0.15) is 25.0 Å². The first-order chi connectivity index (χ1) is 8.44. The molecule has 0 aromatic carbocycles. The van der Waals surface area contributed by atoms with Crippen LogP contribution >= 0.6 is 11.3 Å². The molecule has 0 bridgehead atoms. The van der Waals surface area contributed by atoms with Crippen LogP contribution in [0.15, 0.2) is 5.38 Å². The first-order valence-electron chi connectivity index (χ1n) is 5.87. The summed E-state index contributed by atoms with van der Waals surface area (Å²) in [6.45, 7) is 1.87. The van der Waals surface area contributed by atoms with Crippen molar-refractivity contribution in [2.75, 3.05) is 16.8 Å². The second-order valence-electron chi connectivity index (χ2n) is 4.64. The number of hydrogen-bond acceptors (Lipinski definition) is 5. The average Bonchev–Trinajstić information content (AvgIpc) is 2.67. The molecule has 0 radical (unpaired) electrons. The molecule has 5 nitrogen and oxygen atoms in total. The highest BCUT2D eigenvalue weighted by Crippen LogP contribution is 2.23. The van der Waals surface area contributed by atoms with Gasteiger partial charge in [0.15, 0.2) is 5.13 Å². The van der Waals surface area contributed by atoms with Gasteiger partial charge in [0.25, 0.3) is 0 Å². The molecule has 0 spiro atoms. The fraction of sp³-hybridized carbons (Fsp3) is 0.636. The molecular formula is C11H16N2O3S2. The van der Waals surface area contributed by atoms with Crippen LogP contribution in [0, 0.1) is 12.8 Å². The lowest BCUT2D eigenvalue weighted by Crippen LogP contribution is -2.26. The molecule has 100 valence electrons. The van der Waals surface area contributed by atoms with Gasteiger partial charge in [-0.25, -0.2) is 13.4 Å². The van der Waals surface area contributed by atoms with Gasteiger partial charge in [0.05, 0.1) is 17.2 Å². The molecular weight excluding hydrogens is 272 g/mol. The highest BCUT2D eigenvalue weighted by Gasteiger charge is 2.25. The summed E-state index contributed by atoms with van der Waals surface area (Å²) in [5.74, 6) is 0.519. The standard InChI is InChI=1S/C11H16N2O3S2/c1-8-7-17-11(12-8)13-10(14)6-9-2-4-18(15,16)5-3-9/h7,9H,2-6H2,1H3,(H,12,13,14). The molecule has 1 amide bonds. The van der Waals surface area contributed by atoms with Gasteiger partial charge in [0.1, 0.15) is 9.84 Å². The van der Waals surface area contributed by atoms with Gasteiger partial charge in [-0.05, 0) is 25.7 Å². The number of thiazole rings is 1. The smallest absolute Gasteiger partial charge is 0.226 e. The van der Waals surface area contributed by atoms with E-state index in [1.54, 1.807) is 0 Å². The topological polar surface area (TPSA) is 76.1 Å². The lowest BCUT2D eigenvalue weighted by atomic mass is 9.99. The summed E-state index contributed by atoms with van der Waals surface area (Å²) < 4.78 is 22.5. The molecule has 0 unspecified atom stereocenters.